The van der Waals surface area contributed by atoms with Gasteiger partial charge in [0.2, 0.25) is 0 Å². The van der Waals surface area contributed by atoms with Gasteiger partial charge in [-0.1, -0.05) is 24.3 Å². The molecule has 130 valence electrons. The van der Waals surface area contributed by atoms with Crippen LogP contribution in [-0.4, -0.2) is 64.0 Å². The predicted octanol–water partition coefficient (Wildman–Crippen LogP) is 1.59. The second kappa shape index (κ2) is 14.7. The Bertz CT molecular complexity index is 390. The van der Waals surface area contributed by atoms with Crippen LogP contribution in [0.3, 0.4) is 0 Å². The molecule has 0 spiro atoms. The molecule has 2 aromatic rings. The monoisotopic (exact) mass is 353 g/mol. The number of rotatable bonds is 4. The molecule has 0 saturated heterocycles. The molecule has 0 aliphatic carbocycles. The van der Waals surface area contributed by atoms with Crippen molar-refractivity contribution in [1.29, 1.82) is 0 Å². The smallest absolute Gasteiger partial charge is 0.00298 e. The molecule has 23 heavy (non-hydrogen) atoms. The molecule has 0 saturated carbocycles. The van der Waals surface area contributed by atoms with Crippen LogP contribution in [0.25, 0.3) is 0 Å². The van der Waals surface area contributed by atoms with Crippen LogP contribution in [0.15, 0.2) is 36.7 Å². The van der Waals surface area contributed by atoms with E-state index in [1.54, 1.807) is 0 Å². The van der Waals surface area contributed by atoms with E-state index in [0.29, 0.717) is 0 Å². The Morgan fingerprint density at radius 3 is 1.22 bits per heavy atom. The van der Waals surface area contributed by atoms with E-state index in [9.17, 15) is 0 Å². The van der Waals surface area contributed by atoms with E-state index in [2.05, 4.69) is 21.9 Å². The Kier molecular flexibility index (Phi) is 15.6. The third-order valence-electron chi connectivity index (χ3n) is 2.09. The molecule has 2 heterocycles. The van der Waals surface area contributed by atoms with Gasteiger partial charge in [-0.05, 0) is 49.3 Å². The van der Waals surface area contributed by atoms with Crippen LogP contribution in [0.2, 0.25) is 0 Å². The van der Waals surface area contributed by atoms with Gasteiger partial charge in [-0.3, -0.25) is 0 Å². The Morgan fingerprint density at radius 1 is 0.696 bits per heavy atom. The summed E-state index contributed by atoms with van der Waals surface area (Å²) in [7, 11) is 14.1. The molecule has 0 unspecified atom stereocenters. The van der Waals surface area contributed by atoms with Crippen LogP contribution in [-0.2, 0) is 34.8 Å². The summed E-state index contributed by atoms with van der Waals surface area (Å²) in [5, 5.41) is 0. The summed E-state index contributed by atoms with van der Waals surface area (Å²) in [4.78, 5) is 14.6. The minimum Gasteiger partial charge on any atom is -0.667 e. The first-order chi connectivity index (χ1) is 10.3. The molecule has 0 aliphatic rings. The standard InChI is InChI=1S/C11H13N3.2C3H9N.Ti/c1-14(8-10-4-2-6-12-10)9-11-5-3-7-13-11;2*1-4(2)3;/h2-7H,8-9H2,1H3;2*1-3H3;/q-2;;;. The fourth-order valence-corrected chi connectivity index (χ4v) is 1.47. The van der Waals surface area contributed by atoms with E-state index in [0.717, 1.165) is 24.5 Å². The van der Waals surface area contributed by atoms with Crippen molar-refractivity contribution < 1.29 is 21.7 Å². The number of hydrogen-bond acceptors (Lipinski definition) is 3. The summed E-state index contributed by atoms with van der Waals surface area (Å²) in [6.07, 6.45) is 3.65. The normalized spacial score (nSPS) is 9.83. The third-order valence-corrected chi connectivity index (χ3v) is 2.09. The van der Waals surface area contributed by atoms with Crippen LogP contribution >= 0.6 is 0 Å². The van der Waals surface area contributed by atoms with Gasteiger partial charge in [0.1, 0.15) is 0 Å². The van der Waals surface area contributed by atoms with Crippen molar-refractivity contribution in [3.63, 3.8) is 0 Å². The topological polar surface area (TPSA) is 37.9 Å². The van der Waals surface area contributed by atoms with Gasteiger partial charge in [0.05, 0.1) is 0 Å². The Balaban J connectivity index is 0. The van der Waals surface area contributed by atoms with Gasteiger partial charge in [-0.2, -0.15) is 12.4 Å². The summed E-state index contributed by atoms with van der Waals surface area (Å²) in [6, 6.07) is 8.00. The maximum Gasteiger partial charge on any atom is 0.00298 e. The summed E-state index contributed by atoms with van der Waals surface area (Å²) < 4.78 is 0. The van der Waals surface area contributed by atoms with Crippen LogP contribution in [0.5, 0.6) is 0 Å². The van der Waals surface area contributed by atoms with E-state index in [1.807, 2.05) is 88.7 Å². The average Bonchev–Trinajstić information content (AvgIpc) is 3.00. The van der Waals surface area contributed by atoms with Gasteiger partial charge in [-0.15, -0.1) is 11.4 Å². The van der Waals surface area contributed by atoms with Crippen molar-refractivity contribution >= 4 is 0 Å². The van der Waals surface area contributed by atoms with Crippen molar-refractivity contribution in [2.45, 2.75) is 13.1 Å². The van der Waals surface area contributed by atoms with Crippen molar-refractivity contribution in [3.05, 3.63) is 48.0 Å². The van der Waals surface area contributed by atoms with Crippen LogP contribution < -0.4 is 9.97 Å². The molecule has 0 amide bonds. The van der Waals surface area contributed by atoms with Gasteiger partial charge in [0.15, 0.2) is 0 Å². The van der Waals surface area contributed by atoms with E-state index in [4.69, 9.17) is 0 Å². The molecule has 2 aromatic heterocycles. The van der Waals surface area contributed by atoms with Gasteiger partial charge in [0.25, 0.3) is 0 Å². The molecule has 0 bridgehead atoms. The summed E-state index contributed by atoms with van der Waals surface area (Å²) in [5.41, 5.74) is 2.22. The Morgan fingerprint density at radius 2 is 1.00 bits per heavy atom. The van der Waals surface area contributed by atoms with Gasteiger partial charge in [0, 0.05) is 34.8 Å². The number of nitrogens with zero attached hydrogens (tertiary/aromatic N) is 5. The zero-order valence-corrected chi connectivity index (χ0v) is 17.2. The van der Waals surface area contributed by atoms with Crippen molar-refractivity contribution in [1.82, 2.24) is 24.7 Å². The van der Waals surface area contributed by atoms with E-state index in [-0.39, 0.29) is 21.7 Å². The minimum absolute atomic E-state index is 0. The van der Waals surface area contributed by atoms with Crippen molar-refractivity contribution in [2.24, 2.45) is 0 Å². The molecular formula is C17H31N5Ti-2. The van der Waals surface area contributed by atoms with Gasteiger partial charge < -0.3 is 24.7 Å². The molecule has 0 fully saturated rings. The van der Waals surface area contributed by atoms with Gasteiger partial charge >= 0.3 is 0 Å². The predicted molar refractivity (Wildman–Crippen MR) is 93.9 cm³/mol. The second-order valence-corrected chi connectivity index (χ2v) is 6.11. The third kappa shape index (κ3) is 17.3. The molecule has 0 N–H and O–H groups in total. The first kappa shape index (κ1) is 24.4. The molecule has 0 aromatic carbocycles. The molecule has 0 atom stereocenters. The Hall–Kier alpha value is -0.846. The van der Waals surface area contributed by atoms with Crippen molar-refractivity contribution in [3.8, 4) is 0 Å². The first-order valence-electron chi connectivity index (χ1n) is 7.34. The van der Waals surface area contributed by atoms with E-state index in [1.165, 1.54) is 0 Å². The second-order valence-electron chi connectivity index (χ2n) is 6.11. The molecular weight excluding hydrogens is 322 g/mol. The maximum absolute atomic E-state index is 4.22. The number of aromatic nitrogens is 2. The summed E-state index contributed by atoms with van der Waals surface area (Å²) in [6.45, 7) is 1.75. The molecule has 5 nitrogen and oxygen atoms in total. The molecule has 6 heteroatoms. The SMILES string of the molecule is CN(C)C.CN(C)C.CN(Cc1ccc[n-]1)Cc1ccc[n-]1.[Ti]. The van der Waals surface area contributed by atoms with Crippen LogP contribution in [0.4, 0.5) is 0 Å². The van der Waals surface area contributed by atoms with E-state index >= 15 is 0 Å². The fraction of sp³-hybridized carbons (Fsp3) is 0.529. The quantitative estimate of drug-likeness (QED) is 0.781. The zero-order valence-electron chi connectivity index (χ0n) is 15.6. The minimum atomic E-state index is 0. The first-order valence-corrected chi connectivity index (χ1v) is 7.34. The Labute approximate surface area is 156 Å². The summed E-state index contributed by atoms with van der Waals surface area (Å²) >= 11 is 0. The van der Waals surface area contributed by atoms with Crippen LogP contribution in [0.1, 0.15) is 11.4 Å². The molecule has 0 radical (unpaired) electrons. The fourth-order valence-electron chi connectivity index (χ4n) is 1.47. The average molecular weight is 353 g/mol. The van der Waals surface area contributed by atoms with Crippen LogP contribution in [0, 0.1) is 0 Å². The molecule has 2 rings (SSSR count). The zero-order chi connectivity index (χ0) is 17.0. The maximum atomic E-state index is 4.22. The van der Waals surface area contributed by atoms with E-state index < -0.39 is 0 Å². The summed E-state index contributed by atoms with van der Waals surface area (Å²) in [5.74, 6) is 0. The molecule has 0 aliphatic heterocycles. The van der Waals surface area contributed by atoms with Gasteiger partial charge in [-0.25, -0.2) is 0 Å². The number of hydrogen-bond donors (Lipinski definition) is 0. The largest absolute Gasteiger partial charge is 0.667 e. The van der Waals surface area contributed by atoms with Crippen molar-refractivity contribution in [2.75, 3.05) is 49.3 Å².